The van der Waals surface area contributed by atoms with Gasteiger partial charge in [-0.3, -0.25) is 14.7 Å². The Balaban J connectivity index is 1.79. The maximum atomic E-state index is 12.8. The Hall–Kier alpha value is -2.99. The lowest BCUT2D eigenvalue weighted by molar-refractivity contribution is 0.602. The van der Waals surface area contributed by atoms with Gasteiger partial charge in [-0.15, -0.1) is 0 Å². The van der Waals surface area contributed by atoms with Gasteiger partial charge in [0.2, 0.25) is 0 Å². The third-order valence-corrected chi connectivity index (χ3v) is 5.21. The first-order chi connectivity index (χ1) is 11.6. The van der Waals surface area contributed by atoms with Gasteiger partial charge < -0.3 is 0 Å². The molecule has 0 aliphatic heterocycles. The van der Waals surface area contributed by atoms with Crippen molar-refractivity contribution in [3.8, 4) is 0 Å². The lowest BCUT2D eigenvalue weighted by atomic mass is 10.2. The van der Waals surface area contributed by atoms with Crippen molar-refractivity contribution >= 4 is 37.4 Å². The van der Waals surface area contributed by atoms with E-state index in [2.05, 4.69) is 14.7 Å². The largest absolute Gasteiger partial charge is 0.278 e. The minimum atomic E-state index is -3.73. The van der Waals surface area contributed by atoms with E-state index in [1.807, 2.05) is 30.3 Å². The predicted molar refractivity (Wildman–Crippen MR) is 94.3 cm³/mol. The molecule has 0 saturated heterocycles. The summed E-state index contributed by atoms with van der Waals surface area (Å²) in [6.45, 7) is 0. The number of aromatic nitrogens is 2. The number of benzene rings is 2. The van der Waals surface area contributed by atoms with Gasteiger partial charge in [0, 0.05) is 28.6 Å². The third-order valence-electron chi connectivity index (χ3n) is 3.77. The first-order valence-corrected chi connectivity index (χ1v) is 8.82. The van der Waals surface area contributed by atoms with Gasteiger partial charge in [0.25, 0.3) is 10.0 Å². The molecular formula is C18H13N3O2S. The van der Waals surface area contributed by atoms with E-state index >= 15 is 0 Å². The zero-order valence-corrected chi connectivity index (χ0v) is 13.4. The molecule has 0 aliphatic rings. The molecule has 0 fully saturated rings. The molecule has 0 amide bonds. The average molecular weight is 335 g/mol. The van der Waals surface area contributed by atoms with E-state index in [1.54, 1.807) is 36.7 Å². The van der Waals surface area contributed by atoms with E-state index in [-0.39, 0.29) is 4.90 Å². The maximum Gasteiger partial charge on any atom is 0.262 e. The molecule has 1 N–H and O–H groups in total. The molecule has 0 spiro atoms. The van der Waals surface area contributed by atoms with E-state index in [9.17, 15) is 8.42 Å². The monoisotopic (exact) mass is 335 g/mol. The average Bonchev–Trinajstić information content (AvgIpc) is 2.61. The number of pyridine rings is 2. The summed E-state index contributed by atoms with van der Waals surface area (Å²) >= 11 is 0. The molecule has 0 saturated carbocycles. The van der Waals surface area contributed by atoms with Crippen molar-refractivity contribution in [3.63, 3.8) is 0 Å². The van der Waals surface area contributed by atoms with Crippen LogP contribution in [0.2, 0.25) is 0 Å². The minimum absolute atomic E-state index is 0.218. The van der Waals surface area contributed by atoms with E-state index in [0.717, 1.165) is 16.3 Å². The van der Waals surface area contributed by atoms with Gasteiger partial charge in [-0.25, -0.2) is 8.42 Å². The van der Waals surface area contributed by atoms with Crippen LogP contribution in [0.1, 0.15) is 0 Å². The molecule has 0 unspecified atom stereocenters. The molecule has 24 heavy (non-hydrogen) atoms. The minimum Gasteiger partial charge on any atom is -0.278 e. The molecule has 118 valence electrons. The molecule has 5 nitrogen and oxygen atoms in total. The van der Waals surface area contributed by atoms with Gasteiger partial charge in [0.1, 0.15) is 0 Å². The van der Waals surface area contributed by atoms with Crippen molar-refractivity contribution < 1.29 is 8.42 Å². The lowest BCUT2D eigenvalue weighted by Gasteiger charge is -2.10. The van der Waals surface area contributed by atoms with Crippen molar-refractivity contribution in [1.29, 1.82) is 0 Å². The molecule has 6 heteroatoms. The molecule has 4 rings (SSSR count). The summed E-state index contributed by atoms with van der Waals surface area (Å²) in [5.74, 6) is 0. The molecular weight excluding hydrogens is 322 g/mol. The number of hydrogen-bond donors (Lipinski definition) is 1. The fourth-order valence-corrected chi connectivity index (χ4v) is 3.93. The molecule has 0 atom stereocenters. The summed E-state index contributed by atoms with van der Waals surface area (Å²) in [5.41, 5.74) is 1.25. The molecule has 2 aromatic carbocycles. The number of sulfonamides is 1. The summed E-state index contributed by atoms with van der Waals surface area (Å²) in [6.07, 6.45) is 4.75. The second-order valence-corrected chi connectivity index (χ2v) is 7.03. The first-order valence-electron chi connectivity index (χ1n) is 7.34. The van der Waals surface area contributed by atoms with Crippen LogP contribution in [-0.4, -0.2) is 18.4 Å². The highest BCUT2D eigenvalue weighted by Crippen LogP contribution is 2.25. The van der Waals surface area contributed by atoms with Crippen LogP contribution in [0, 0.1) is 0 Å². The van der Waals surface area contributed by atoms with E-state index in [0.29, 0.717) is 11.1 Å². The first kappa shape index (κ1) is 14.6. The van der Waals surface area contributed by atoms with E-state index in [1.165, 1.54) is 6.20 Å². The second kappa shape index (κ2) is 5.58. The number of nitrogens with one attached hydrogen (secondary N) is 1. The van der Waals surface area contributed by atoms with Crippen LogP contribution in [0.5, 0.6) is 0 Å². The molecule has 0 bridgehead atoms. The van der Waals surface area contributed by atoms with Gasteiger partial charge in [0.15, 0.2) is 0 Å². The predicted octanol–water partition coefficient (Wildman–Crippen LogP) is 3.58. The quantitative estimate of drug-likeness (QED) is 0.621. The van der Waals surface area contributed by atoms with Gasteiger partial charge in [-0.05, 0) is 24.3 Å². The van der Waals surface area contributed by atoms with Crippen LogP contribution in [0.25, 0.3) is 21.7 Å². The summed E-state index contributed by atoms with van der Waals surface area (Å²) in [4.78, 5) is 8.53. The maximum absolute atomic E-state index is 12.8. The van der Waals surface area contributed by atoms with Crippen LogP contribution in [0.3, 0.4) is 0 Å². The number of hydrogen-bond acceptors (Lipinski definition) is 4. The Bertz CT molecular complexity index is 1150. The molecule has 2 aromatic heterocycles. The van der Waals surface area contributed by atoms with Crippen molar-refractivity contribution in [3.05, 3.63) is 73.2 Å². The van der Waals surface area contributed by atoms with Gasteiger partial charge >= 0.3 is 0 Å². The van der Waals surface area contributed by atoms with Crippen LogP contribution < -0.4 is 4.72 Å². The number of para-hydroxylation sites is 1. The van der Waals surface area contributed by atoms with Crippen LogP contribution >= 0.6 is 0 Å². The lowest BCUT2D eigenvalue weighted by Crippen LogP contribution is -2.13. The Morgan fingerprint density at radius 3 is 2.62 bits per heavy atom. The Morgan fingerprint density at radius 2 is 1.71 bits per heavy atom. The van der Waals surface area contributed by atoms with E-state index in [4.69, 9.17) is 0 Å². The highest BCUT2D eigenvalue weighted by atomic mass is 32.2. The summed E-state index contributed by atoms with van der Waals surface area (Å²) in [5, 5.41) is 2.28. The number of nitrogens with zero attached hydrogens (tertiary/aromatic N) is 2. The van der Waals surface area contributed by atoms with Crippen molar-refractivity contribution in [2.75, 3.05) is 4.72 Å². The summed E-state index contributed by atoms with van der Waals surface area (Å²) in [7, 11) is -3.73. The SMILES string of the molecule is O=S(=O)(Nc1cnc2ccccc2c1)c1cccc2cnccc12. The van der Waals surface area contributed by atoms with Gasteiger partial charge in [-0.2, -0.15) is 0 Å². The zero-order valence-electron chi connectivity index (χ0n) is 12.5. The molecule has 0 aliphatic carbocycles. The zero-order chi connectivity index (χ0) is 16.6. The Kier molecular flexibility index (Phi) is 3.39. The number of fused-ring (bicyclic) bond motifs is 2. The van der Waals surface area contributed by atoms with Crippen molar-refractivity contribution in [1.82, 2.24) is 9.97 Å². The molecule has 0 radical (unpaired) electrons. The summed E-state index contributed by atoms with van der Waals surface area (Å²) in [6, 6.07) is 16.1. The molecule has 4 aromatic rings. The fourth-order valence-electron chi connectivity index (χ4n) is 2.66. The van der Waals surface area contributed by atoms with Gasteiger partial charge in [-0.1, -0.05) is 30.3 Å². The topological polar surface area (TPSA) is 72.0 Å². The Morgan fingerprint density at radius 1 is 0.875 bits per heavy atom. The normalized spacial score (nSPS) is 11.7. The van der Waals surface area contributed by atoms with Crippen molar-refractivity contribution in [2.24, 2.45) is 0 Å². The number of rotatable bonds is 3. The third kappa shape index (κ3) is 2.57. The van der Waals surface area contributed by atoms with Crippen molar-refractivity contribution in [2.45, 2.75) is 4.90 Å². The van der Waals surface area contributed by atoms with Crippen LogP contribution in [0.4, 0.5) is 5.69 Å². The van der Waals surface area contributed by atoms with Gasteiger partial charge in [0.05, 0.1) is 22.3 Å². The van der Waals surface area contributed by atoms with Crippen LogP contribution in [-0.2, 0) is 10.0 Å². The van der Waals surface area contributed by atoms with Crippen LogP contribution in [0.15, 0.2) is 78.1 Å². The smallest absolute Gasteiger partial charge is 0.262 e. The number of anilines is 1. The second-order valence-electron chi connectivity index (χ2n) is 5.38. The standard InChI is InChI=1S/C18H13N3O2S/c22-24(23,18-7-3-5-14-11-19-9-8-16(14)18)21-15-10-13-4-1-2-6-17(13)20-12-15/h1-12,21H. The Labute approximate surface area is 139 Å². The van der Waals surface area contributed by atoms with E-state index < -0.39 is 10.0 Å². The molecule has 2 heterocycles. The fraction of sp³-hybridized carbons (Fsp3) is 0. The highest BCUT2D eigenvalue weighted by Gasteiger charge is 2.17. The summed E-state index contributed by atoms with van der Waals surface area (Å²) < 4.78 is 28.2. The highest BCUT2D eigenvalue weighted by molar-refractivity contribution is 7.93.